The van der Waals surface area contributed by atoms with Crippen LogP contribution >= 0.6 is 0 Å². The van der Waals surface area contributed by atoms with Crippen molar-refractivity contribution in [1.82, 2.24) is 4.98 Å². The molecule has 6 rings (SSSR count). The van der Waals surface area contributed by atoms with E-state index in [9.17, 15) is 4.79 Å². The number of hydrogen-bond acceptors (Lipinski definition) is 4. The molecule has 1 aliphatic rings. The van der Waals surface area contributed by atoms with Crippen molar-refractivity contribution in [2.45, 2.75) is 66.2 Å². The summed E-state index contributed by atoms with van der Waals surface area (Å²) in [6.45, 7) is 16.4. The Hall–Kier alpha value is -3.27. The number of furan rings is 1. The van der Waals surface area contributed by atoms with Gasteiger partial charge >= 0.3 is 0 Å². The Morgan fingerprint density at radius 2 is 1.74 bits per heavy atom. The van der Waals surface area contributed by atoms with Gasteiger partial charge in [0, 0.05) is 54.4 Å². The Labute approximate surface area is 243 Å². The number of aliphatic hydroxyl groups excluding tert-OH is 1. The number of nitrogens with zero attached hydrogens (tertiary/aromatic N) is 1. The van der Waals surface area contributed by atoms with E-state index in [0.717, 1.165) is 33.2 Å². The quantitative estimate of drug-likeness (QED) is 0.108. The number of allylic oxidation sites excluding steroid dienone is 2. The topological polar surface area (TPSA) is 63.3 Å². The number of rotatable bonds is 1. The van der Waals surface area contributed by atoms with Gasteiger partial charge in [-0.3, -0.25) is 9.78 Å². The summed E-state index contributed by atoms with van der Waals surface area (Å²) in [6.07, 6.45) is 3.03. The minimum Gasteiger partial charge on any atom is -0.512 e. The van der Waals surface area contributed by atoms with Gasteiger partial charge in [-0.1, -0.05) is 81.0 Å². The first-order valence-corrected chi connectivity index (χ1v) is 13.0. The van der Waals surface area contributed by atoms with Gasteiger partial charge in [0.1, 0.15) is 11.2 Å². The number of fused-ring (bicyclic) bond motifs is 3. The summed E-state index contributed by atoms with van der Waals surface area (Å²) in [7, 11) is 0. The summed E-state index contributed by atoms with van der Waals surface area (Å²) >= 11 is 0. The van der Waals surface area contributed by atoms with Gasteiger partial charge in [-0.05, 0) is 43.2 Å². The molecule has 1 aliphatic carbocycles. The van der Waals surface area contributed by atoms with Crippen molar-refractivity contribution in [2.75, 3.05) is 0 Å². The standard InChI is InChI=1S/C29H26NO.C5H8O2.Ir/c1-16-7-8-17-14-19-22(15-18(17)13-16)29(5,6)20-9-10-21(28(2,3)4)27-24(20)25-23(31-27)11-12-30-26(19)25;1-4(6)3-5(2)7;/h7-13,15H,1-6H3;3,6H,1-2H3;/q-1;;/b;4-3-;. The number of aryl methyl sites for hydroxylation is 1. The van der Waals surface area contributed by atoms with Gasteiger partial charge in [0.2, 0.25) is 0 Å². The van der Waals surface area contributed by atoms with Crippen LogP contribution in [0.1, 0.15) is 70.7 Å². The second-order valence-corrected chi connectivity index (χ2v) is 11.9. The molecular formula is C34H34IrNO3-. The molecule has 0 fully saturated rings. The van der Waals surface area contributed by atoms with E-state index in [1.54, 1.807) is 0 Å². The van der Waals surface area contributed by atoms with Gasteiger partial charge < -0.3 is 9.52 Å². The fourth-order valence-electron chi connectivity index (χ4n) is 5.58. The molecule has 0 saturated heterocycles. The van der Waals surface area contributed by atoms with E-state index in [4.69, 9.17) is 14.5 Å². The van der Waals surface area contributed by atoms with E-state index in [0.29, 0.717) is 0 Å². The smallest absolute Gasteiger partial charge is 0.155 e. The Kier molecular flexibility index (Phi) is 7.40. The van der Waals surface area contributed by atoms with Crippen molar-refractivity contribution in [2.24, 2.45) is 0 Å². The third-order valence-electron chi connectivity index (χ3n) is 7.37. The van der Waals surface area contributed by atoms with Crippen molar-refractivity contribution >= 4 is 38.5 Å². The predicted octanol–water partition coefficient (Wildman–Crippen LogP) is 8.88. The second-order valence-electron chi connectivity index (χ2n) is 11.9. The predicted molar refractivity (Wildman–Crippen MR) is 156 cm³/mol. The van der Waals surface area contributed by atoms with Crippen LogP contribution in [0, 0.1) is 13.0 Å². The Morgan fingerprint density at radius 3 is 2.36 bits per heavy atom. The largest absolute Gasteiger partial charge is 0.512 e. The minimum atomic E-state index is -0.212. The van der Waals surface area contributed by atoms with Crippen LogP contribution in [0.3, 0.4) is 0 Å². The van der Waals surface area contributed by atoms with E-state index < -0.39 is 0 Å². The van der Waals surface area contributed by atoms with Crippen LogP contribution in [-0.2, 0) is 35.7 Å². The average Bonchev–Trinajstić information content (AvgIpc) is 3.17. The van der Waals surface area contributed by atoms with Crippen LogP contribution in [0.4, 0.5) is 0 Å². The molecule has 0 amide bonds. The monoisotopic (exact) mass is 697 g/mol. The van der Waals surface area contributed by atoms with E-state index >= 15 is 0 Å². The second kappa shape index (κ2) is 10.0. The zero-order valence-corrected chi connectivity index (χ0v) is 26.1. The van der Waals surface area contributed by atoms with E-state index in [1.165, 1.54) is 52.9 Å². The molecule has 39 heavy (non-hydrogen) atoms. The minimum absolute atomic E-state index is 0. The van der Waals surface area contributed by atoms with Crippen molar-refractivity contribution in [3.05, 3.63) is 88.8 Å². The number of benzene rings is 3. The first-order chi connectivity index (χ1) is 17.8. The number of hydrogen-bond donors (Lipinski definition) is 1. The molecule has 1 radical (unpaired) electrons. The zero-order chi connectivity index (χ0) is 27.6. The van der Waals surface area contributed by atoms with Gasteiger partial charge in [-0.2, -0.15) is 0 Å². The Bertz CT molecular complexity index is 1780. The number of ketones is 1. The van der Waals surface area contributed by atoms with Crippen molar-refractivity contribution in [3.63, 3.8) is 0 Å². The number of carbonyl (C=O) groups is 1. The van der Waals surface area contributed by atoms with Crippen molar-refractivity contribution < 1.29 is 34.4 Å². The molecule has 0 unspecified atom stereocenters. The summed E-state index contributed by atoms with van der Waals surface area (Å²) in [4.78, 5) is 14.9. The van der Waals surface area contributed by atoms with Gasteiger partial charge in [0.25, 0.3) is 0 Å². The maximum Gasteiger partial charge on any atom is 0.155 e. The SMILES string of the molecule is CC(=O)/C=C(/C)O.Cc1ccc2[c-]c3c(cc2c1)C(C)(C)c1ccc(C(C)(C)C)c2oc4ccnc-3c4c12.[Ir]. The number of aromatic nitrogens is 1. The number of pyridine rings is 1. The number of aliphatic hydroxyl groups is 1. The van der Waals surface area contributed by atoms with Crippen LogP contribution in [0.2, 0.25) is 0 Å². The molecule has 5 heteroatoms. The summed E-state index contributed by atoms with van der Waals surface area (Å²) in [5.41, 5.74) is 8.80. The molecule has 4 nitrogen and oxygen atoms in total. The summed E-state index contributed by atoms with van der Waals surface area (Å²) in [5, 5.41) is 13.0. The molecule has 0 bridgehead atoms. The Morgan fingerprint density at radius 1 is 1.03 bits per heavy atom. The molecule has 2 aromatic heterocycles. The molecule has 203 valence electrons. The van der Waals surface area contributed by atoms with Crippen molar-refractivity contribution in [3.8, 4) is 11.3 Å². The van der Waals surface area contributed by atoms with Gasteiger partial charge in [-0.25, -0.2) is 0 Å². The van der Waals surface area contributed by atoms with E-state index in [-0.39, 0.29) is 42.5 Å². The zero-order valence-electron chi connectivity index (χ0n) is 23.7. The molecule has 1 N–H and O–H groups in total. The third-order valence-corrected chi connectivity index (χ3v) is 7.37. The molecular weight excluding hydrogens is 663 g/mol. The summed E-state index contributed by atoms with van der Waals surface area (Å²) in [6, 6.07) is 19.2. The van der Waals surface area contributed by atoms with Gasteiger partial charge in [0.15, 0.2) is 5.78 Å². The Balaban J connectivity index is 0.000000394. The normalized spacial score (nSPS) is 14.0. The maximum atomic E-state index is 10.0. The van der Waals surface area contributed by atoms with E-state index in [1.807, 2.05) is 12.3 Å². The molecule has 0 saturated carbocycles. The summed E-state index contributed by atoms with van der Waals surface area (Å²) in [5.74, 6) is -0.0625. The van der Waals surface area contributed by atoms with Crippen LogP contribution in [0.25, 0.3) is 44.0 Å². The first kappa shape index (κ1) is 28.7. The van der Waals surface area contributed by atoms with Crippen LogP contribution < -0.4 is 0 Å². The summed E-state index contributed by atoms with van der Waals surface area (Å²) < 4.78 is 6.52. The first-order valence-electron chi connectivity index (χ1n) is 13.0. The average molecular weight is 697 g/mol. The molecule has 0 atom stereocenters. The molecule has 5 aromatic rings. The fourth-order valence-corrected chi connectivity index (χ4v) is 5.58. The van der Waals surface area contributed by atoms with Crippen LogP contribution in [0.5, 0.6) is 0 Å². The molecule has 2 heterocycles. The molecule has 0 spiro atoms. The number of carbonyl (C=O) groups excluding carboxylic acids is 1. The fraction of sp³-hybridized carbons (Fsp3) is 0.294. The van der Waals surface area contributed by atoms with E-state index in [2.05, 4.69) is 84.0 Å². The molecule has 3 aromatic carbocycles. The molecule has 0 aliphatic heterocycles. The third kappa shape index (κ3) is 4.95. The van der Waals surface area contributed by atoms with Crippen LogP contribution in [-0.4, -0.2) is 15.9 Å². The van der Waals surface area contributed by atoms with Crippen LogP contribution in [0.15, 0.2) is 64.9 Å². The van der Waals surface area contributed by atoms with Gasteiger partial charge in [-0.15, -0.1) is 23.6 Å². The van der Waals surface area contributed by atoms with Gasteiger partial charge in [0.05, 0.1) is 5.76 Å². The maximum absolute atomic E-state index is 10.0. The van der Waals surface area contributed by atoms with Crippen molar-refractivity contribution in [1.29, 1.82) is 0 Å².